The first kappa shape index (κ1) is 27.8. The van der Waals surface area contributed by atoms with Gasteiger partial charge in [0.15, 0.2) is 0 Å². The minimum Gasteiger partial charge on any atom is -0.342 e. The summed E-state index contributed by atoms with van der Waals surface area (Å²) in [6.07, 6.45) is 7.91. The lowest BCUT2D eigenvalue weighted by atomic mass is 9.82. The number of rotatable bonds is 6. The molecule has 3 aromatic rings. The molecule has 3 fully saturated rings. The second kappa shape index (κ2) is 12.7. The maximum atomic E-state index is 14.0. The van der Waals surface area contributed by atoms with Crippen LogP contribution in [0, 0.1) is 18.8 Å². The first-order chi connectivity index (χ1) is 20.0. The summed E-state index contributed by atoms with van der Waals surface area (Å²) in [5.74, 6) is 1.04. The number of hydrogen-bond donors (Lipinski definition) is 0. The van der Waals surface area contributed by atoms with Crippen LogP contribution >= 0.6 is 11.8 Å². The molecule has 2 amide bonds. The van der Waals surface area contributed by atoms with E-state index in [0.717, 1.165) is 67.6 Å². The smallest absolute Gasteiger partial charge is 0.260 e. The lowest BCUT2D eigenvalue weighted by Crippen LogP contribution is -2.54. The second-order valence-electron chi connectivity index (χ2n) is 12.0. The summed E-state index contributed by atoms with van der Waals surface area (Å²) in [6.45, 7) is 4.39. The molecule has 3 aromatic carbocycles. The highest BCUT2D eigenvalue weighted by molar-refractivity contribution is 8.04. The van der Waals surface area contributed by atoms with Gasteiger partial charge >= 0.3 is 0 Å². The molecule has 1 aliphatic carbocycles. The SMILES string of the molecule is Cc1cccc(CN2C(=O)/C(=C/c3ccccc3)SC3CCC(C(=O)N4CCC(Cc5ccccc5)CC4)CC32)c1. The fourth-order valence-electron chi connectivity index (χ4n) is 6.87. The molecule has 3 unspecified atom stereocenters. The minimum absolute atomic E-state index is 0.00464. The highest BCUT2D eigenvalue weighted by atomic mass is 32.2. The predicted molar refractivity (Wildman–Crippen MR) is 168 cm³/mol. The Morgan fingerprint density at radius 1 is 0.878 bits per heavy atom. The predicted octanol–water partition coefficient (Wildman–Crippen LogP) is 7.13. The van der Waals surface area contributed by atoms with Crippen molar-refractivity contribution < 1.29 is 9.59 Å². The van der Waals surface area contributed by atoms with Crippen LogP contribution in [0.15, 0.2) is 89.8 Å². The molecule has 0 radical (unpaired) electrons. The molecule has 0 aromatic heterocycles. The Morgan fingerprint density at radius 3 is 2.32 bits per heavy atom. The van der Waals surface area contributed by atoms with Gasteiger partial charge in [-0.2, -0.15) is 0 Å². The van der Waals surface area contributed by atoms with Crippen molar-refractivity contribution in [2.24, 2.45) is 11.8 Å². The Bertz CT molecular complexity index is 1380. The van der Waals surface area contributed by atoms with Gasteiger partial charge < -0.3 is 9.80 Å². The summed E-state index contributed by atoms with van der Waals surface area (Å²) in [5.41, 5.74) is 4.79. The first-order valence-electron chi connectivity index (χ1n) is 15.2. The number of carbonyl (C=O) groups excluding carboxylic acids is 2. The van der Waals surface area contributed by atoms with Gasteiger partial charge in [-0.3, -0.25) is 9.59 Å². The number of aryl methyl sites for hydroxylation is 1. The van der Waals surface area contributed by atoms with Gasteiger partial charge in [-0.15, -0.1) is 11.8 Å². The third-order valence-electron chi connectivity index (χ3n) is 9.08. The van der Waals surface area contributed by atoms with E-state index in [1.807, 2.05) is 24.3 Å². The monoisotopic (exact) mass is 564 g/mol. The molecule has 6 rings (SSSR count). The molecule has 212 valence electrons. The van der Waals surface area contributed by atoms with Crippen molar-refractivity contribution in [3.8, 4) is 0 Å². The summed E-state index contributed by atoms with van der Waals surface area (Å²) < 4.78 is 0. The lowest BCUT2D eigenvalue weighted by molar-refractivity contribution is -0.141. The van der Waals surface area contributed by atoms with E-state index >= 15 is 0 Å². The number of likely N-dealkylation sites (tertiary alicyclic amines) is 1. The van der Waals surface area contributed by atoms with Crippen LogP contribution in [0.3, 0.4) is 0 Å². The molecule has 4 nitrogen and oxygen atoms in total. The molecular weight excluding hydrogens is 524 g/mol. The Balaban J connectivity index is 1.16. The first-order valence-corrected chi connectivity index (χ1v) is 16.0. The molecule has 0 N–H and O–H groups in total. The normalized spacial score (nSPS) is 24.4. The van der Waals surface area contributed by atoms with Crippen molar-refractivity contribution in [3.05, 3.63) is 112 Å². The Labute approximate surface area is 248 Å². The maximum absolute atomic E-state index is 14.0. The molecule has 2 saturated heterocycles. The van der Waals surface area contributed by atoms with Crippen molar-refractivity contribution in [3.63, 3.8) is 0 Å². The van der Waals surface area contributed by atoms with Crippen molar-refractivity contribution in [1.82, 2.24) is 9.80 Å². The fraction of sp³-hybridized carbons (Fsp3) is 0.389. The van der Waals surface area contributed by atoms with Crippen molar-refractivity contribution in [2.75, 3.05) is 13.1 Å². The topological polar surface area (TPSA) is 40.6 Å². The molecule has 5 heteroatoms. The minimum atomic E-state index is -0.00464. The largest absolute Gasteiger partial charge is 0.342 e. The number of hydrogen-bond acceptors (Lipinski definition) is 3. The third-order valence-corrected chi connectivity index (χ3v) is 10.5. The number of piperidine rings is 1. The summed E-state index contributed by atoms with van der Waals surface area (Å²) in [4.78, 5) is 32.8. The quantitative estimate of drug-likeness (QED) is 0.299. The number of benzene rings is 3. The van der Waals surface area contributed by atoms with Crippen LogP contribution in [0.5, 0.6) is 0 Å². The standard InChI is InChI=1S/C36H40N2O2S/c1-26-9-8-14-30(21-26)25-38-32-24-31(15-16-33(32)41-34(36(38)40)23-28-12-6-3-7-13-28)35(39)37-19-17-29(18-20-37)22-27-10-4-2-5-11-27/h2-14,21,23,29,31-33H,15-20,22,24-25H2,1H3/b34-23-. The highest BCUT2D eigenvalue weighted by Crippen LogP contribution is 2.45. The highest BCUT2D eigenvalue weighted by Gasteiger charge is 2.45. The van der Waals surface area contributed by atoms with Gasteiger partial charge in [-0.25, -0.2) is 0 Å². The number of thioether (sulfide) groups is 1. The van der Waals surface area contributed by atoms with Gasteiger partial charge in [0.1, 0.15) is 0 Å². The van der Waals surface area contributed by atoms with Crippen LogP contribution in [0.1, 0.15) is 54.4 Å². The zero-order valence-electron chi connectivity index (χ0n) is 24.0. The average Bonchev–Trinajstić information content (AvgIpc) is 3.00. The van der Waals surface area contributed by atoms with Gasteiger partial charge in [0.2, 0.25) is 5.91 Å². The van der Waals surface area contributed by atoms with Crippen molar-refractivity contribution >= 4 is 29.7 Å². The summed E-state index contributed by atoms with van der Waals surface area (Å²) >= 11 is 1.73. The number of carbonyl (C=O) groups is 2. The fourth-order valence-corrected chi connectivity index (χ4v) is 8.29. The average molecular weight is 565 g/mol. The lowest BCUT2D eigenvalue weighted by Gasteiger charge is -2.47. The molecule has 0 spiro atoms. The molecule has 3 atom stereocenters. The van der Waals surface area contributed by atoms with E-state index in [-0.39, 0.29) is 17.9 Å². The molecular formula is C36H40N2O2S. The van der Waals surface area contributed by atoms with Gasteiger partial charge in [-0.05, 0) is 74.1 Å². The van der Waals surface area contributed by atoms with Crippen LogP contribution in [0.2, 0.25) is 0 Å². The van der Waals surface area contributed by atoms with E-state index in [9.17, 15) is 9.59 Å². The van der Waals surface area contributed by atoms with Crippen LogP contribution in [-0.2, 0) is 22.6 Å². The van der Waals surface area contributed by atoms with Gasteiger partial charge in [0.25, 0.3) is 5.91 Å². The molecule has 3 aliphatic rings. The molecule has 41 heavy (non-hydrogen) atoms. The van der Waals surface area contributed by atoms with Crippen LogP contribution in [0.4, 0.5) is 0 Å². The number of fused-ring (bicyclic) bond motifs is 1. The van der Waals surface area contributed by atoms with Crippen LogP contribution in [-0.4, -0.2) is 46.0 Å². The Morgan fingerprint density at radius 2 is 1.59 bits per heavy atom. The second-order valence-corrected chi connectivity index (χ2v) is 13.3. The molecule has 0 bridgehead atoms. The van der Waals surface area contributed by atoms with Crippen molar-refractivity contribution in [2.45, 2.75) is 63.3 Å². The Hall–Kier alpha value is -3.31. The van der Waals surface area contributed by atoms with Gasteiger partial charge in [0, 0.05) is 36.8 Å². The van der Waals surface area contributed by atoms with Crippen LogP contribution < -0.4 is 0 Å². The van der Waals surface area contributed by atoms with E-state index in [0.29, 0.717) is 23.6 Å². The van der Waals surface area contributed by atoms with E-state index in [1.165, 1.54) is 11.1 Å². The number of amides is 2. The summed E-state index contributed by atoms with van der Waals surface area (Å²) in [5, 5.41) is 0.313. The zero-order chi connectivity index (χ0) is 28.2. The van der Waals surface area contributed by atoms with E-state index in [1.54, 1.807) is 11.8 Å². The number of nitrogens with zero attached hydrogens (tertiary/aromatic N) is 2. The van der Waals surface area contributed by atoms with Crippen molar-refractivity contribution in [1.29, 1.82) is 0 Å². The Kier molecular flexibility index (Phi) is 8.62. The van der Waals surface area contributed by atoms with Crippen LogP contribution in [0.25, 0.3) is 6.08 Å². The maximum Gasteiger partial charge on any atom is 0.260 e. The summed E-state index contributed by atoms with van der Waals surface area (Å²) in [7, 11) is 0. The molecule has 2 heterocycles. The zero-order valence-corrected chi connectivity index (χ0v) is 24.8. The molecule has 1 saturated carbocycles. The third kappa shape index (κ3) is 6.62. The van der Waals surface area contributed by atoms with Gasteiger partial charge in [-0.1, -0.05) is 90.5 Å². The van der Waals surface area contributed by atoms with E-state index in [4.69, 9.17) is 0 Å². The molecule has 2 aliphatic heterocycles. The van der Waals surface area contributed by atoms with E-state index in [2.05, 4.69) is 83.5 Å². The van der Waals surface area contributed by atoms with Gasteiger partial charge in [0.05, 0.1) is 4.91 Å². The summed E-state index contributed by atoms with van der Waals surface area (Å²) in [6, 6.07) is 29.4. The van der Waals surface area contributed by atoms with E-state index < -0.39 is 0 Å².